The van der Waals surface area contributed by atoms with Crippen LogP contribution in [0.4, 0.5) is 0 Å². The molecule has 0 heterocycles. The zero-order chi connectivity index (χ0) is 63.9. The second kappa shape index (κ2) is 40.5. The van der Waals surface area contributed by atoms with Crippen LogP contribution >= 0.6 is 17.2 Å². The molecule has 14 heteroatoms. The number of para-hydroxylation sites is 1. The monoisotopic (exact) mass is 1230 g/mol. The van der Waals surface area contributed by atoms with Crippen molar-refractivity contribution in [1.82, 2.24) is 0 Å². The van der Waals surface area contributed by atoms with E-state index in [1.54, 1.807) is 0 Å². The number of ether oxygens (including phenoxy) is 1. The molecule has 12 nitrogen and oxygen atoms in total. The lowest BCUT2D eigenvalue weighted by molar-refractivity contribution is -0.144. The number of aliphatic hydroxyl groups excluding tert-OH is 1. The number of hydrogen-bond donors (Lipinski definition) is 7. The van der Waals surface area contributed by atoms with Crippen molar-refractivity contribution in [2.45, 2.75) is 283 Å². The van der Waals surface area contributed by atoms with Gasteiger partial charge in [0.1, 0.15) is 11.9 Å². The lowest BCUT2D eigenvalue weighted by Gasteiger charge is -2.41. The summed E-state index contributed by atoms with van der Waals surface area (Å²) in [5, 5.41) is 33.7. The summed E-state index contributed by atoms with van der Waals surface area (Å²) < 4.78 is 18.4. The highest BCUT2D eigenvalue weighted by Gasteiger charge is 2.46. The zero-order valence-corrected chi connectivity index (χ0v) is 57.9. The molecule has 7 unspecified atom stereocenters. The van der Waals surface area contributed by atoms with E-state index in [-0.39, 0.29) is 45.3 Å². The third-order valence-corrected chi connectivity index (χ3v) is 19.7. The zero-order valence-electron chi connectivity index (χ0n) is 56.1. The lowest BCUT2D eigenvalue weighted by Crippen LogP contribution is -2.44. The van der Waals surface area contributed by atoms with Gasteiger partial charge in [0.2, 0.25) is 0 Å². The number of carboxylic acid groups (broad SMARTS) is 2. The molecule has 0 bridgehead atoms. The number of benzene rings is 2. The topological polar surface area (TPSA) is 203 Å². The molecule has 0 aromatic heterocycles. The fourth-order valence-electron chi connectivity index (χ4n) is 12.7. The largest absolute Gasteiger partial charge is 0.485 e. The molecule has 0 radical (unpaired) electrons. The highest BCUT2D eigenvalue weighted by molar-refractivity contribution is 7.39. The van der Waals surface area contributed by atoms with E-state index in [0.717, 1.165) is 49.7 Å². The van der Waals surface area contributed by atoms with Crippen LogP contribution in [0.2, 0.25) is 0 Å². The first-order chi connectivity index (χ1) is 39.9. The number of aliphatic carboxylic acids is 2. The molecule has 0 fully saturated rings. The Morgan fingerprint density at radius 1 is 0.447 bits per heavy atom. The Kier molecular flexibility index (Phi) is 37.6. The third kappa shape index (κ3) is 31.4. The van der Waals surface area contributed by atoms with Gasteiger partial charge in [0, 0.05) is 0 Å². The molecule has 2 aromatic rings. The van der Waals surface area contributed by atoms with Crippen LogP contribution in [0.25, 0.3) is 0 Å². The van der Waals surface area contributed by atoms with Crippen molar-refractivity contribution < 1.29 is 58.3 Å². The van der Waals surface area contributed by atoms with Gasteiger partial charge in [0.15, 0.2) is 0 Å². The summed E-state index contributed by atoms with van der Waals surface area (Å²) in [6.45, 7) is 29.1. The maximum absolute atomic E-state index is 13.5. The van der Waals surface area contributed by atoms with Crippen LogP contribution in [0.1, 0.15) is 287 Å². The highest BCUT2D eigenvalue weighted by Crippen LogP contribution is 2.49. The van der Waals surface area contributed by atoms with E-state index in [1.165, 1.54) is 103 Å². The van der Waals surface area contributed by atoms with E-state index >= 15 is 0 Å². The number of carbonyl (C=O) groups is 2. The highest BCUT2D eigenvalue weighted by atomic mass is 31.2. The number of hydrogen-bond acceptors (Lipinski definition) is 10. The summed E-state index contributed by atoms with van der Waals surface area (Å²) in [6, 6.07) is 15.3. The van der Waals surface area contributed by atoms with Gasteiger partial charge in [-0.2, -0.15) is 0 Å². The number of carboxylic acids is 2. The van der Waals surface area contributed by atoms with E-state index in [0.29, 0.717) is 49.8 Å². The fraction of sp³-hybridized carbons (Fsp3) is 0.803. The van der Waals surface area contributed by atoms with Crippen LogP contribution in [0.3, 0.4) is 0 Å². The molecule has 85 heavy (non-hydrogen) atoms. The van der Waals surface area contributed by atoms with E-state index in [2.05, 4.69) is 96.9 Å². The Labute approximate surface area is 521 Å². The number of aliphatic hydroxyl groups is 1. The average molecular weight is 1230 g/mol. The lowest BCUT2D eigenvalue weighted by atomic mass is 9.68. The van der Waals surface area contributed by atoms with Gasteiger partial charge >= 0.3 is 29.1 Å². The molecule has 0 saturated carbocycles. The predicted molar refractivity (Wildman–Crippen MR) is 353 cm³/mol. The molecule has 0 amide bonds. The van der Waals surface area contributed by atoms with Gasteiger partial charge in [-0.3, -0.25) is 9.59 Å². The third-order valence-electron chi connectivity index (χ3n) is 19.0. The van der Waals surface area contributed by atoms with E-state index in [9.17, 15) is 44.5 Å². The van der Waals surface area contributed by atoms with Gasteiger partial charge in [-0.1, -0.05) is 268 Å². The molecule has 0 saturated heterocycles. The molecule has 0 aliphatic rings. The van der Waals surface area contributed by atoms with Crippen LogP contribution in [-0.2, 0) is 31.5 Å². The van der Waals surface area contributed by atoms with Gasteiger partial charge in [-0.05, 0) is 119 Å². The molecule has 492 valence electrons. The quantitative estimate of drug-likeness (QED) is 0.0244. The van der Waals surface area contributed by atoms with Crippen LogP contribution in [0.5, 0.6) is 5.75 Å². The molecule has 7 atom stereocenters. The first kappa shape index (κ1) is 78.9. The van der Waals surface area contributed by atoms with Crippen LogP contribution < -0.4 is 4.74 Å². The van der Waals surface area contributed by atoms with Gasteiger partial charge in [0.25, 0.3) is 0 Å². The second-order valence-corrected chi connectivity index (χ2v) is 31.5. The van der Waals surface area contributed by atoms with Crippen LogP contribution in [-0.4, -0.2) is 66.7 Å². The Morgan fingerprint density at radius 3 is 1.11 bits per heavy atom. The normalized spacial score (nSPS) is 15.4. The van der Waals surface area contributed by atoms with Crippen molar-refractivity contribution in [3.05, 3.63) is 65.2 Å². The van der Waals surface area contributed by atoms with E-state index in [1.807, 2.05) is 48.5 Å². The second-order valence-electron chi connectivity index (χ2n) is 30.0. The van der Waals surface area contributed by atoms with Crippen molar-refractivity contribution in [3.63, 3.8) is 0 Å². The first-order valence-corrected chi connectivity index (χ1v) is 35.7. The van der Waals surface area contributed by atoms with Crippen LogP contribution in [0.15, 0.2) is 48.5 Å². The molecule has 0 aliphatic heterocycles. The molecular weight excluding hydrogens is 1110 g/mol. The Hall–Kier alpha value is -2.24. The summed E-state index contributed by atoms with van der Waals surface area (Å²) in [5.74, 6) is -2.16. The molecule has 2 aromatic carbocycles. The minimum atomic E-state index is -2.94. The Morgan fingerprint density at radius 2 is 0.765 bits per heavy atom. The van der Waals surface area contributed by atoms with E-state index < -0.39 is 72.3 Å². The maximum atomic E-state index is 13.5. The molecule has 7 N–H and O–H groups in total. The Bertz CT molecular complexity index is 2070. The minimum Gasteiger partial charge on any atom is -0.485 e. The van der Waals surface area contributed by atoms with Crippen molar-refractivity contribution in [2.75, 3.05) is 19.8 Å². The summed E-state index contributed by atoms with van der Waals surface area (Å²) >= 11 is 0. The van der Waals surface area contributed by atoms with Gasteiger partial charge < -0.3 is 48.7 Å². The minimum absolute atomic E-state index is 0.0742. The Balaban J connectivity index is 2.66. The van der Waals surface area contributed by atoms with Gasteiger partial charge in [-0.25, -0.2) is 0 Å². The molecule has 2 rings (SSSR count). The standard InChI is InChI=1S/C71H126O12P2/c1-15-17-19-21-23-25-27-29-31-33-41-58(67(3,4)5)47-56(65(73)74)49-60(69(9,10)11)45-54-39-35-37-43-62(54)64(71(51-72,52-81-84(77)78)53-82-85(79)80)83-63-44-38-36-40-55(63)46-61(70(12,13)14)50-57(66(75)76)48-59(68(6,7)8)42-34-32-30-28-26-24-22-20-18-16-2/h35-40,43-44,56-61,64,72,77-80H,15-34,41-42,45-53H2,1-14H3,(H,73,74)(H,75,76). The first-order valence-electron chi connectivity index (χ1n) is 33.4. The summed E-state index contributed by atoms with van der Waals surface area (Å²) in [7, 11) is -5.89. The van der Waals surface area contributed by atoms with Crippen molar-refractivity contribution >= 4 is 29.1 Å². The average Bonchev–Trinajstić information content (AvgIpc) is 1.37. The molecule has 0 aliphatic carbocycles. The SMILES string of the molecule is CCCCCCCCCCCCC(CC(CC(Cc1ccccc1OC(c1ccccc1CC(CC(CC(CCCCCCCCCCCC)C(C)(C)C)C(=O)O)C(C)(C)C)C(CO)(COP(O)O)COP(O)O)C(C)(C)C)C(=O)O)C(C)(C)C. The molecular formula is C71H126O12P2. The summed E-state index contributed by atoms with van der Waals surface area (Å²) in [6.07, 6.45) is 28.7. The van der Waals surface area contributed by atoms with Crippen molar-refractivity contribution in [2.24, 2.45) is 62.6 Å². The van der Waals surface area contributed by atoms with E-state index in [4.69, 9.17) is 13.8 Å². The van der Waals surface area contributed by atoms with Crippen LogP contribution in [0, 0.1) is 62.6 Å². The number of unbranched alkanes of at least 4 members (excludes halogenated alkanes) is 18. The molecule has 0 spiro atoms. The van der Waals surface area contributed by atoms with Crippen molar-refractivity contribution in [3.8, 4) is 5.75 Å². The predicted octanol–water partition coefficient (Wildman–Crippen LogP) is 19.6. The van der Waals surface area contributed by atoms with Gasteiger partial charge in [-0.15, -0.1) is 0 Å². The van der Waals surface area contributed by atoms with Crippen molar-refractivity contribution in [1.29, 1.82) is 0 Å². The number of rotatable bonds is 47. The summed E-state index contributed by atoms with van der Waals surface area (Å²) in [4.78, 5) is 67.9. The summed E-state index contributed by atoms with van der Waals surface area (Å²) in [5.41, 5.74) is -0.275. The fourth-order valence-corrected chi connectivity index (χ4v) is 13.4. The maximum Gasteiger partial charge on any atom is 0.327 e. The smallest absolute Gasteiger partial charge is 0.327 e. The van der Waals surface area contributed by atoms with Gasteiger partial charge in [0.05, 0.1) is 37.1 Å².